The number of rotatable bonds is 4. The van der Waals surface area contributed by atoms with Gasteiger partial charge in [-0.2, -0.15) is 0 Å². The third-order valence-electron chi connectivity index (χ3n) is 3.77. The highest BCUT2D eigenvalue weighted by molar-refractivity contribution is 5.76. The molecule has 0 heterocycles. The molecule has 0 aliphatic heterocycles. The van der Waals surface area contributed by atoms with Crippen LogP contribution >= 0.6 is 0 Å². The van der Waals surface area contributed by atoms with Crippen LogP contribution in [0.5, 0.6) is 0 Å². The number of aliphatic hydroxyl groups excluding tert-OH is 1. The molecule has 3 nitrogen and oxygen atoms in total. The Morgan fingerprint density at radius 2 is 2.22 bits per heavy atom. The molecule has 0 aromatic heterocycles. The molecule has 18 heavy (non-hydrogen) atoms. The average molecular weight is 247 g/mol. The Balaban J connectivity index is 1.95. The Morgan fingerprint density at radius 1 is 1.50 bits per heavy atom. The lowest BCUT2D eigenvalue weighted by molar-refractivity contribution is -0.123. The van der Waals surface area contributed by atoms with E-state index < -0.39 is 6.10 Å². The van der Waals surface area contributed by atoms with Crippen LogP contribution in [-0.2, 0) is 11.2 Å². The minimum Gasteiger partial charge on any atom is -0.386 e. The van der Waals surface area contributed by atoms with E-state index in [1.807, 2.05) is 24.3 Å². The molecule has 0 spiro atoms. The van der Waals surface area contributed by atoms with Gasteiger partial charge in [-0.3, -0.25) is 4.79 Å². The summed E-state index contributed by atoms with van der Waals surface area (Å²) in [5, 5.41) is 13.1. The smallest absolute Gasteiger partial charge is 0.220 e. The zero-order valence-corrected chi connectivity index (χ0v) is 11.0. The third kappa shape index (κ3) is 2.72. The van der Waals surface area contributed by atoms with E-state index in [0.29, 0.717) is 12.3 Å². The Bertz CT molecular complexity index is 430. The summed E-state index contributed by atoms with van der Waals surface area (Å²) in [6.07, 6.45) is 1.70. The van der Waals surface area contributed by atoms with E-state index in [2.05, 4.69) is 19.2 Å². The summed E-state index contributed by atoms with van der Waals surface area (Å²) in [5.41, 5.74) is 2.09. The second-order valence-electron chi connectivity index (χ2n) is 5.24. The molecule has 1 aliphatic carbocycles. The van der Waals surface area contributed by atoms with Crippen LogP contribution in [-0.4, -0.2) is 17.1 Å². The van der Waals surface area contributed by atoms with Gasteiger partial charge in [0.1, 0.15) is 0 Å². The Morgan fingerprint density at radius 3 is 2.89 bits per heavy atom. The molecule has 2 N–H and O–H groups in total. The van der Waals surface area contributed by atoms with Crippen molar-refractivity contribution in [1.29, 1.82) is 0 Å². The van der Waals surface area contributed by atoms with E-state index in [4.69, 9.17) is 0 Å². The topological polar surface area (TPSA) is 49.3 Å². The largest absolute Gasteiger partial charge is 0.386 e. The number of hydrogen-bond acceptors (Lipinski definition) is 2. The monoisotopic (exact) mass is 247 g/mol. The first-order chi connectivity index (χ1) is 8.61. The summed E-state index contributed by atoms with van der Waals surface area (Å²) in [4.78, 5) is 11.8. The number of aliphatic hydroxyl groups is 1. The maximum Gasteiger partial charge on any atom is 0.220 e. The van der Waals surface area contributed by atoms with Crippen molar-refractivity contribution < 1.29 is 9.90 Å². The highest BCUT2D eigenvalue weighted by Crippen LogP contribution is 2.31. The summed E-state index contributed by atoms with van der Waals surface area (Å²) in [6, 6.07) is 7.67. The SMILES string of the molecule is CC[C@H](C)CC(=O)N[C@H]1Cc2ccccc2[C@@H]1O. The number of amides is 1. The molecular formula is C15H21NO2. The van der Waals surface area contributed by atoms with Crippen molar-refractivity contribution in [3.8, 4) is 0 Å². The molecule has 0 unspecified atom stereocenters. The van der Waals surface area contributed by atoms with Crippen LogP contribution in [0.1, 0.15) is 43.9 Å². The molecule has 1 aromatic rings. The average Bonchev–Trinajstić information content (AvgIpc) is 2.66. The molecule has 1 aromatic carbocycles. The lowest BCUT2D eigenvalue weighted by Gasteiger charge is -2.18. The molecule has 0 saturated carbocycles. The van der Waals surface area contributed by atoms with E-state index in [-0.39, 0.29) is 11.9 Å². The molecule has 0 saturated heterocycles. The van der Waals surface area contributed by atoms with Crippen molar-refractivity contribution in [2.45, 2.75) is 45.3 Å². The second-order valence-corrected chi connectivity index (χ2v) is 5.24. The van der Waals surface area contributed by atoms with Crippen LogP contribution in [0.25, 0.3) is 0 Å². The Kier molecular flexibility index (Phi) is 4.02. The molecule has 2 rings (SSSR count). The lowest BCUT2D eigenvalue weighted by Crippen LogP contribution is -2.38. The van der Waals surface area contributed by atoms with Gasteiger partial charge in [0, 0.05) is 6.42 Å². The van der Waals surface area contributed by atoms with E-state index in [1.165, 1.54) is 0 Å². The highest BCUT2D eigenvalue weighted by Gasteiger charge is 2.31. The maximum atomic E-state index is 11.8. The second kappa shape index (κ2) is 5.53. The van der Waals surface area contributed by atoms with Crippen molar-refractivity contribution in [2.75, 3.05) is 0 Å². The number of benzene rings is 1. The van der Waals surface area contributed by atoms with Crippen molar-refractivity contribution >= 4 is 5.91 Å². The van der Waals surface area contributed by atoms with E-state index in [0.717, 1.165) is 24.0 Å². The van der Waals surface area contributed by atoms with Crippen LogP contribution in [0.3, 0.4) is 0 Å². The molecule has 1 aliphatic rings. The van der Waals surface area contributed by atoms with Crippen molar-refractivity contribution in [3.63, 3.8) is 0 Å². The minimum absolute atomic E-state index is 0.0428. The van der Waals surface area contributed by atoms with E-state index in [9.17, 15) is 9.90 Å². The summed E-state index contributed by atoms with van der Waals surface area (Å²) in [5.74, 6) is 0.437. The standard InChI is InChI=1S/C15H21NO2/c1-3-10(2)8-14(17)16-13-9-11-6-4-5-7-12(11)15(13)18/h4-7,10,13,15,18H,3,8-9H2,1-2H3,(H,16,17)/t10-,13-,15-/m0/s1. The van der Waals surface area contributed by atoms with Crippen LogP contribution < -0.4 is 5.32 Å². The van der Waals surface area contributed by atoms with E-state index in [1.54, 1.807) is 0 Å². The molecule has 3 heteroatoms. The minimum atomic E-state index is -0.568. The fourth-order valence-corrected chi connectivity index (χ4v) is 2.43. The predicted molar refractivity (Wildman–Crippen MR) is 71.1 cm³/mol. The molecule has 98 valence electrons. The number of carbonyl (C=O) groups excluding carboxylic acids is 1. The van der Waals surface area contributed by atoms with Crippen molar-refractivity contribution in [3.05, 3.63) is 35.4 Å². The van der Waals surface area contributed by atoms with Gasteiger partial charge in [-0.05, 0) is 23.5 Å². The summed E-state index contributed by atoms with van der Waals surface area (Å²) in [7, 11) is 0. The normalized spacial score (nSPS) is 23.5. The van der Waals surface area contributed by atoms with Gasteiger partial charge < -0.3 is 10.4 Å². The fourth-order valence-electron chi connectivity index (χ4n) is 2.43. The Hall–Kier alpha value is -1.35. The van der Waals surface area contributed by atoms with Crippen LogP contribution in [0, 0.1) is 5.92 Å². The van der Waals surface area contributed by atoms with Crippen LogP contribution in [0.15, 0.2) is 24.3 Å². The van der Waals surface area contributed by atoms with Gasteiger partial charge in [-0.15, -0.1) is 0 Å². The lowest BCUT2D eigenvalue weighted by atomic mass is 10.0. The number of nitrogens with one attached hydrogen (secondary N) is 1. The van der Waals surface area contributed by atoms with Crippen molar-refractivity contribution in [1.82, 2.24) is 5.32 Å². The zero-order chi connectivity index (χ0) is 13.1. The van der Waals surface area contributed by atoms with Crippen LogP contribution in [0.4, 0.5) is 0 Å². The number of carbonyl (C=O) groups is 1. The molecule has 0 fully saturated rings. The summed E-state index contributed by atoms with van der Waals surface area (Å²) >= 11 is 0. The first-order valence-corrected chi connectivity index (χ1v) is 6.67. The predicted octanol–water partition coefficient (Wildman–Crippen LogP) is 2.20. The van der Waals surface area contributed by atoms with Gasteiger partial charge in [0.2, 0.25) is 5.91 Å². The first kappa shape index (κ1) is 13.1. The van der Waals surface area contributed by atoms with Gasteiger partial charge in [0.25, 0.3) is 0 Å². The highest BCUT2D eigenvalue weighted by atomic mass is 16.3. The fraction of sp³-hybridized carbons (Fsp3) is 0.533. The maximum absolute atomic E-state index is 11.8. The molecule has 3 atom stereocenters. The third-order valence-corrected chi connectivity index (χ3v) is 3.77. The molecule has 0 radical (unpaired) electrons. The van der Waals surface area contributed by atoms with Gasteiger partial charge in [-0.25, -0.2) is 0 Å². The number of hydrogen-bond donors (Lipinski definition) is 2. The summed E-state index contributed by atoms with van der Waals surface area (Å²) in [6.45, 7) is 4.15. The van der Waals surface area contributed by atoms with Gasteiger partial charge in [-0.1, -0.05) is 44.5 Å². The first-order valence-electron chi connectivity index (χ1n) is 6.67. The molecule has 1 amide bonds. The molecule has 0 bridgehead atoms. The number of fused-ring (bicyclic) bond motifs is 1. The van der Waals surface area contributed by atoms with Crippen LogP contribution in [0.2, 0.25) is 0 Å². The quantitative estimate of drug-likeness (QED) is 0.857. The molecular weight excluding hydrogens is 226 g/mol. The van der Waals surface area contributed by atoms with Gasteiger partial charge >= 0.3 is 0 Å². The van der Waals surface area contributed by atoms with Gasteiger partial charge in [0.05, 0.1) is 12.1 Å². The van der Waals surface area contributed by atoms with E-state index >= 15 is 0 Å². The van der Waals surface area contributed by atoms with Crippen molar-refractivity contribution in [2.24, 2.45) is 5.92 Å². The Labute approximate surface area is 108 Å². The van der Waals surface area contributed by atoms with Gasteiger partial charge in [0.15, 0.2) is 0 Å². The summed E-state index contributed by atoms with van der Waals surface area (Å²) < 4.78 is 0. The zero-order valence-electron chi connectivity index (χ0n) is 11.0.